The summed E-state index contributed by atoms with van der Waals surface area (Å²) in [4.78, 5) is 33.6. The topological polar surface area (TPSA) is 64.4 Å². The number of anilines is 1. The molecule has 43 heavy (non-hydrogen) atoms. The zero-order valence-electron chi connectivity index (χ0n) is 26.8. The molecule has 0 aliphatic heterocycles. The van der Waals surface area contributed by atoms with E-state index in [4.69, 9.17) is 9.72 Å². The van der Waals surface area contributed by atoms with E-state index >= 15 is 0 Å². The summed E-state index contributed by atoms with van der Waals surface area (Å²) in [5.41, 5.74) is 5.59. The number of carbonyl (C=O) groups excluding carboxylic acids is 2. The Balaban J connectivity index is 1.80. The second-order valence-corrected chi connectivity index (χ2v) is 12.3. The summed E-state index contributed by atoms with van der Waals surface area (Å²) in [6, 6.07) is 22.2. The largest absolute Gasteiger partial charge is 0.456 e. The minimum atomic E-state index is -0.607. The van der Waals surface area contributed by atoms with Gasteiger partial charge in [0.2, 0.25) is 5.91 Å². The fraction of sp³-hybridized carbons (Fsp3) is 0.432. The van der Waals surface area contributed by atoms with Crippen molar-refractivity contribution in [3.63, 3.8) is 0 Å². The van der Waals surface area contributed by atoms with Gasteiger partial charge in [-0.1, -0.05) is 76.1 Å². The third-order valence-electron chi connectivity index (χ3n) is 7.50. The average molecular weight is 582 g/mol. The van der Waals surface area contributed by atoms with Gasteiger partial charge in [-0.3, -0.25) is 4.79 Å². The third-order valence-corrected chi connectivity index (χ3v) is 7.50. The van der Waals surface area contributed by atoms with Gasteiger partial charge in [-0.15, -0.1) is 0 Å². The second kappa shape index (κ2) is 14.5. The SMILES string of the molecule is CCCCc1nc2ccc(N(CCCC)C(=O)CCC)cc2n1Cc1ccc(-c2ccccc2)c(C(=O)OC(C)(C)C)c1. The first kappa shape index (κ1) is 32.0. The molecular formula is C37H47N3O3. The highest BCUT2D eigenvalue weighted by molar-refractivity contribution is 5.98. The molecule has 0 saturated heterocycles. The van der Waals surface area contributed by atoms with Gasteiger partial charge in [-0.05, 0) is 81.0 Å². The summed E-state index contributed by atoms with van der Waals surface area (Å²) >= 11 is 0. The van der Waals surface area contributed by atoms with Crippen molar-refractivity contribution in [2.24, 2.45) is 0 Å². The number of esters is 1. The predicted molar refractivity (Wildman–Crippen MR) is 177 cm³/mol. The number of ether oxygens (including phenoxy) is 1. The Morgan fingerprint density at radius 2 is 1.63 bits per heavy atom. The van der Waals surface area contributed by atoms with Crippen molar-refractivity contribution in [1.29, 1.82) is 0 Å². The van der Waals surface area contributed by atoms with E-state index in [1.54, 1.807) is 0 Å². The van der Waals surface area contributed by atoms with Crippen LogP contribution >= 0.6 is 0 Å². The number of carbonyl (C=O) groups is 2. The van der Waals surface area contributed by atoms with Crippen molar-refractivity contribution in [1.82, 2.24) is 9.55 Å². The molecule has 0 bridgehead atoms. The van der Waals surface area contributed by atoms with Gasteiger partial charge in [-0.2, -0.15) is 0 Å². The zero-order valence-corrected chi connectivity index (χ0v) is 26.8. The minimum Gasteiger partial charge on any atom is -0.456 e. The molecule has 0 atom stereocenters. The predicted octanol–water partition coefficient (Wildman–Crippen LogP) is 8.98. The van der Waals surface area contributed by atoms with Gasteiger partial charge in [0.25, 0.3) is 0 Å². The van der Waals surface area contributed by atoms with Crippen LogP contribution in [0, 0.1) is 0 Å². The standard InChI is InChI=1S/C37H47N3O3/c1-7-10-18-34-38-32-22-20-29(39(23-11-8-2)35(41)15-9-3)25-33(32)40(34)26-27-19-21-30(28-16-13-12-14-17-28)31(24-27)36(42)43-37(4,5)6/h12-14,16-17,19-22,24-25H,7-11,15,18,23,26H2,1-6H3. The summed E-state index contributed by atoms with van der Waals surface area (Å²) in [6.07, 6.45) is 6.29. The highest BCUT2D eigenvalue weighted by Crippen LogP contribution is 2.30. The Bertz CT molecular complexity index is 1530. The smallest absolute Gasteiger partial charge is 0.339 e. The molecule has 0 aliphatic carbocycles. The lowest BCUT2D eigenvalue weighted by Crippen LogP contribution is -2.31. The Hall–Kier alpha value is -3.93. The van der Waals surface area contributed by atoms with Crippen LogP contribution in [0.15, 0.2) is 66.7 Å². The molecule has 0 fully saturated rings. The Labute approximate surface area is 257 Å². The van der Waals surface area contributed by atoms with Crippen molar-refractivity contribution >= 4 is 28.6 Å². The second-order valence-electron chi connectivity index (χ2n) is 12.3. The summed E-state index contributed by atoms with van der Waals surface area (Å²) in [5.74, 6) is 0.837. The Kier molecular flexibility index (Phi) is 10.8. The maximum absolute atomic E-state index is 13.5. The molecule has 3 aromatic carbocycles. The van der Waals surface area contributed by atoms with E-state index in [0.717, 1.165) is 77.8 Å². The average Bonchev–Trinajstić information content (AvgIpc) is 3.32. The van der Waals surface area contributed by atoms with Gasteiger partial charge >= 0.3 is 5.97 Å². The number of fused-ring (bicyclic) bond motifs is 1. The number of amides is 1. The minimum absolute atomic E-state index is 0.158. The van der Waals surface area contributed by atoms with Gasteiger partial charge in [-0.25, -0.2) is 9.78 Å². The van der Waals surface area contributed by atoms with Crippen LogP contribution < -0.4 is 4.90 Å². The number of hydrogen-bond acceptors (Lipinski definition) is 4. The number of hydrogen-bond donors (Lipinski definition) is 0. The number of unbranched alkanes of at least 4 members (excludes halogenated alkanes) is 2. The highest BCUT2D eigenvalue weighted by Gasteiger charge is 2.23. The molecule has 0 spiro atoms. The molecular weight excluding hydrogens is 534 g/mol. The molecule has 6 nitrogen and oxygen atoms in total. The fourth-order valence-corrected chi connectivity index (χ4v) is 5.34. The lowest BCUT2D eigenvalue weighted by atomic mass is 9.97. The Morgan fingerprint density at radius 3 is 2.30 bits per heavy atom. The quantitative estimate of drug-likeness (QED) is 0.148. The monoisotopic (exact) mass is 581 g/mol. The molecule has 4 rings (SSSR count). The van der Waals surface area contributed by atoms with Crippen molar-refractivity contribution in [3.8, 4) is 11.1 Å². The van der Waals surface area contributed by atoms with Crippen molar-refractivity contribution in [2.45, 2.75) is 98.6 Å². The highest BCUT2D eigenvalue weighted by atomic mass is 16.6. The van der Waals surface area contributed by atoms with Gasteiger partial charge in [0.1, 0.15) is 11.4 Å². The number of aromatic nitrogens is 2. The molecule has 0 N–H and O–H groups in total. The van der Waals surface area contributed by atoms with Crippen LogP contribution in [0.2, 0.25) is 0 Å². The van der Waals surface area contributed by atoms with Crippen molar-refractivity contribution < 1.29 is 14.3 Å². The molecule has 0 aliphatic rings. The summed E-state index contributed by atoms with van der Waals surface area (Å²) < 4.78 is 8.10. The van der Waals surface area contributed by atoms with Crippen LogP contribution in [0.25, 0.3) is 22.2 Å². The van der Waals surface area contributed by atoms with E-state index in [2.05, 4.69) is 30.5 Å². The fourth-order valence-electron chi connectivity index (χ4n) is 5.34. The van der Waals surface area contributed by atoms with Crippen LogP contribution in [-0.4, -0.2) is 33.6 Å². The maximum Gasteiger partial charge on any atom is 0.339 e. The van der Waals surface area contributed by atoms with E-state index < -0.39 is 5.60 Å². The maximum atomic E-state index is 13.5. The first-order chi connectivity index (χ1) is 20.6. The molecule has 0 unspecified atom stereocenters. The summed E-state index contributed by atoms with van der Waals surface area (Å²) in [5, 5.41) is 0. The van der Waals surface area contributed by atoms with Crippen LogP contribution in [0.3, 0.4) is 0 Å². The van der Waals surface area contributed by atoms with Crippen LogP contribution in [0.5, 0.6) is 0 Å². The molecule has 0 saturated carbocycles. The number of rotatable bonds is 13. The number of imidazole rings is 1. The molecule has 1 amide bonds. The third kappa shape index (κ3) is 8.13. The molecule has 6 heteroatoms. The van der Waals surface area contributed by atoms with E-state index in [9.17, 15) is 9.59 Å². The van der Waals surface area contributed by atoms with Crippen LogP contribution in [0.1, 0.15) is 102 Å². The van der Waals surface area contributed by atoms with E-state index in [-0.39, 0.29) is 11.9 Å². The number of nitrogens with zero attached hydrogens (tertiary/aromatic N) is 3. The molecule has 4 aromatic rings. The van der Waals surface area contributed by atoms with E-state index in [1.165, 1.54) is 0 Å². The van der Waals surface area contributed by atoms with E-state index in [0.29, 0.717) is 25.1 Å². The number of benzene rings is 3. The lowest BCUT2D eigenvalue weighted by Gasteiger charge is -2.23. The molecule has 228 valence electrons. The normalized spacial score (nSPS) is 11.6. The summed E-state index contributed by atoms with van der Waals surface area (Å²) in [7, 11) is 0. The van der Waals surface area contributed by atoms with E-state index in [1.807, 2.05) is 87.2 Å². The van der Waals surface area contributed by atoms with Gasteiger partial charge < -0.3 is 14.2 Å². The summed E-state index contributed by atoms with van der Waals surface area (Å²) in [6.45, 7) is 13.3. The first-order valence-electron chi connectivity index (χ1n) is 15.9. The lowest BCUT2D eigenvalue weighted by molar-refractivity contribution is -0.118. The van der Waals surface area contributed by atoms with Crippen LogP contribution in [-0.2, 0) is 22.5 Å². The first-order valence-corrected chi connectivity index (χ1v) is 15.9. The van der Waals surface area contributed by atoms with Gasteiger partial charge in [0.15, 0.2) is 0 Å². The molecule has 1 heterocycles. The van der Waals surface area contributed by atoms with Gasteiger partial charge in [0.05, 0.1) is 16.6 Å². The molecule has 1 aromatic heterocycles. The van der Waals surface area contributed by atoms with Gasteiger partial charge in [0, 0.05) is 31.6 Å². The Morgan fingerprint density at radius 1 is 0.884 bits per heavy atom. The van der Waals surface area contributed by atoms with Crippen molar-refractivity contribution in [3.05, 3.63) is 83.7 Å². The van der Waals surface area contributed by atoms with Crippen molar-refractivity contribution in [2.75, 3.05) is 11.4 Å². The van der Waals surface area contributed by atoms with Crippen LogP contribution in [0.4, 0.5) is 5.69 Å². The zero-order chi connectivity index (χ0) is 31.0. The molecule has 0 radical (unpaired) electrons. The number of aryl methyl sites for hydroxylation is 1.